The molecule has 0 bridgehead atoms. The first-order chi connectivity index (χ1) is 12.8. The molecular formula is C23H28O4. The van der Waals surface area contributed by atoms with Gasteiger partial charge in [0.2, 0.25) is 0 Å². The minimum absolute atomic E-state index is 0.0820. The van der Waals surface area contributed by atoms with Crippen LogP contribution in [0.15, 0.2) is 30.3 Å². The predicted molar refractivity (Wildman–Crippen MR) is 105 cm³/mol. The SMILES string of the molecule is CC(C)Oc1ccc([C@H]2COc3c(ccc4c3CCC(C)(C)O4)C2)c(O)c1. The second kappa shape index (κ2) is 6.66. The third-order valence-corrected chi connectivity index (χ3v) is 5.37. The second-order valence-corrected chi connectivity index (χ2v) is 8.49. The lowest BCUT2D eigenvalue weighted by Crippen LogP contribution is -2.33. The minimum atomic E-state index is -0.121. The monoisotopic (exact) mass is 368 g/mol. The summed E-state index contributed by atoms with van der Waals surface area (Å²) < 4.78 is 18.0. The van der Waals surface area contributed by atoms with Crippen LogP contribution in [0.3, 0.4) is 0 Å². The molecule has 2 heterocycles. The smallest absolute Gasteiger partial charge is 0.129 e. The second-order valence-electron chi connectivity index (χ2n) is 8.49. The Balaban J connectivity index is 1.58. The number of benzene rings is 2. The van der Waals surface area contributed by atoms with E-state index in [0.717, 1.165) is 36.3 Å². The number of rotatable bonds is 3. The number of fused-ring (bicyclic) bond motifs is 3. The van der Waals surface area contributed by atoms with Gasteiger partial charge in [-0.2, -0.15) is 0 Å². The van der Waals surface area contributed by atoms with Gasteiger partial charge in [-0.3, -0.25) is 0 Å². The van der Waals surface area contributed by atoms with Gasteiger partial charge < -0.3 is 19.3 Å². The van der Waals surface area contributed by atoms with Crippen LogP contribution in [-0.2, 0) is 12.8 Å². The van der Waals surface area contributed by atoms with Crippen molar-refractivity contribution in [3.05, 3.63) is 47.0 Å². The highest BCUT2D eigenvalue weighted by Gasteiger charge is 2.32. The van der Waals surface area contributed by atoms with E-state index in [-0.39, 0.29) is 23.4 Å². The van der Waals surface area contributed by atoms with E-state index in [1.54, 1.807) is 6.07 Å². The van der Waals surface area contributed by atoms with Gasteiger partial charge in [0, 0.05) is 23.1 Å². The number of hydrogen-bond donors (Lipinski definition) is 1. The van der Waals surface area contributed by atoms with E-state index in [1.807, 2.05) is 26.0 Å². The molecule has 2 aromatic carbocycles. The first-order valence-corrected chi connectivity index (χ1v) is 9.78. The fraction of sp³-hybridized carbons (Fsp3) is 0.478. The normalized spacial score (nSPS) is 20.3. The summed E-state index contributed by atoms with van der Waals surface area (Å²) in [6.07, 6.45) is 2.90. The number of aromatic hydroxyl groups is 1. The Morgan fingerprint density at radius 3 is 2.74 bits per heavy atom. The van der Waals surface area contributed by atoms with Crippen molar-refractivity contribution in [2.45, 2.75) is 64.6 Å². The molecule has 0 spiro atoms. The molecule has 1 N–H and O–H groups in total. The van der Waals surface area contributed by atoms with Crippen molar-refractivity contribution in [3.63, 3.8) is 0 Å². The molecule has 0 unspecified atom stereocenters. The van der Waals surface area contributed by atoms with E-state index in [9.17, 15) is 5.11 Å². The third kappa shape index (κ3) is 3.58. The molecule has 4 nitrogen and oxygen atoms in total. The first kappa shape index (κ1) is 18.0. The number of phenolic OH excluding ortho intramolecular Hbond substituents is 1. The first-order valence-electron chi connectivity index (χ1n) is 9.78. The van der Waals surface area contributed by atoms with Crippen molar-refractivity contribution in [3.8, 4) is 23.0 Å². The van der Waals surface area contributed by atoms with Gasteiger partial charge in [-0.05, 0) is 64.7 Å². The number of phenols is 1. The summed E-state index contributed by atoms with van der Waals surface area (Å²) in [6.45, 7) is 8.76. The van der Waals surface area contributed by atoms with Gasteiger partial charge in [0.05, 0.1) is 12.7 Å². The fourth-order valence-electron chi connectivity index (χ4n) is 4.03. The molecule has 4 heteroatoms. The maximum atomic E-state index is 10.5. The summed E-state index contributed by atoms with van der Waals surface area (Å²) in [4.78, 5) is 0. The van der Waals surface area contributed by atoms with Crippen LogP contribution in [0.4, 0.5) is 0 Å². The van der Waals surface area contributed by atoms with E-state index < -0.39 is 0 Å². The van der Waals surface area contributed by atoms with Crippen LogP contribution in [0.5, 0.6) is 23.0 Å². The maximum absolute atomic E-state index is 10.5. The Labute approximate surface area is 161 Å². The van der Waals surface area contributed by atoms with Crippen LogP contribution in [-0.4, -0.2) is 23.4 Å². The highest BCUT2D eigenvalue weighted by atomic mass is 16.5. The van der Waals surface area contributed by atoms with Crippen molar-refractivity contribution in [1.29, 1.82) is 0 Å². The average Bonchev–Trinajstić information content (AvgIpc) is 2.59. The van der Waals surface area contributed by atoms with Crippen molar-refractivity contribution >= 4 is 0 Å². The topological polar surface area (TPSA) is 47.9 Å². The molecule has 0 saturated heterocycles. The minimum Gasteiger partial charge on any atom is -0.508 e. The summed E-state index contributed by atoms with van der Waals surface area (Å²) in [7, 11) is 0. The third-order valence-electron chi connectivity index (χ3n) is 5.37. The molecule has 0 radical (unpaired) electrons. The lowest BCUT2D eigenvalue weighted by Gasteiger charge is -2.35. The zero-order valence-electron chi connectivity index (χ0n) is 16.5. The van der Waals surface area contributed by atoms with Crippen LogP contribution in [0.1, 0.15) is 56.7 Å². The van der Waals surface area contributed by atoms with E-state index in [2.05, 4.69) is 26.0 Å². The Morgan fingerprint density at radius 2 is 2.00 bits per heavy atom. The molecule has 2 aromatic rings. The van der Waals surface area contributed by atoms with Crippen LogP contribution >= 0.6 is 0 Å². The van der Waals surface area contributed by atoms with E-state index in [0.29, 0.717) is 12.4 Å². The van der Waals surface area contributed by atoms with Gasteiger partial charge in [-0.25, -0.2) is 0 Å². The highest BCUT2D eigenvalue weighted by Crippen LogP contribution is 2.45. The van der Waals surface area contributed by atoms with E-state index >= 15 is 0 Å². The quantitative estimate of drug-likeness (QED) is 0.828. The average molecular weight is 368 g/mol. The lowest BCUT2D eigenvalue weighted by molar-refractivity contribution is 0.0826. The Hall–Kier alpha value is -2.36. The van der Waals surface area contributed by atoms with E-state index in [1.165, 1.54) is 11.1 Å². The molecule has 0 aliphatic carbocycles. The van der Waals surface area contributed by atoms with E-state index in [4.69, 9.17) is 14.2 Å². The molecule has 144 valence electrons. The summed E-state index contributed by atoms with van der Waals surface area (Å²) in [5.41, 5.74) is 3.17. The van der Waals surface area contributed by atoms with Crippen molar-refractivity contribution < 1.29 is 19.3 Å². The van der Waals surface area contributed by atoms with Crippen LogP contribution in [0, 0.1) is 0 Å². The molecule has 0 amide bonds. The van der Waals surface area contributed by atoms with Gasteiger partial charge in [0.15, 0.2) is 0 Å². The van der Waals surface area contributed by atoms with Gasteiger partial charge >= 0.3 is 0 Å². The number of ether oxygens (including phenoxy) is 3. The fourth-order valence-corrected chi connectivity index (χ4v) is 4.03. The summed E-state index contributed by atoms with van der Waals surface area (Å²) in [5.74, 6) is 3.02. The maximum Gasteiger partial charge on any atom is 0.129 e. The molecule has 2 aliphatic rings. The largest absolute Gasteiger partial charge is 0.508 e. The predicted octanol–water partition coefficient (Wildman–Crippen LogP) is 5.00. The summed E-state index contributed by atoms with van der Waals surface area (Å²) >= 11 is 0. The lowest BCUT2D eigenvalue weighted by atomic mass is 9.86. The molecule has 27 heavy (non-hydrogen) atoms. The Bertz CT molecular complexity index is 854. The molecular weight excluding hydrogens is 340 g/mol. The summed E-state index contributed by atoms with van der Waals surface area (Å²) in [5, 5.41) is 10.5. The highest BCUT2D eigenvalue weighted by molar-refractivity contribution is 5.54. The van der Waals surface area contributed by atoms with Gasteiger partial charge in [0.1, 0.15) is 28.6 Å². The molecule has 2 aliphatic heterocycles. The van der Waals surface area contributed by atoms with Gasteiger partial charge in [-0.1, -0.05) is 12.1 Å². The molecule has 1 atom stereocenters. The molecule has 4 rings (SSSR count). The Morgan fingerprint density at radius 1 is 1.19 bits per heavy atom. The molecule has 0 aromatic heterocycles. The standard InChI is InChI=1S/C23H28O4/c1-14(2)26-17-6-7-18(20(24)12-17)16-11-15-5-8-21-19(22(15)25-13-16)9-10-23(3,4)27-21/h5-8,12,14,16,24H,9-11,13H2,1-4H3/t16-/m1/s1. The zero-order valence-corrected chi connectivity index (χ0v) is 16.5. The van der Waals surface area contributed by atoms with Crippen molar-refractivity contribution in [1.82, 2.24) is 0 Å². The molecule has 0 fully saturated rings. The molecule has 0 saturated carbocycles. The van der Waals surface area contributed by atoms with Crippen LogP contribution in [0.2, 0.25) is 0 Å². The number of hydrogen-bond acceptors (Lipinski definition) is 4. The van der Waals surface area contributed by atoms with Crippen LogP contribution < -0.4 is 14.2 Å². The Kier molecular flexibility index (Phi) is 4.45. The van der Waals surface area contributed by atoms with Gasteiger partial charge in [0.25, 0.3) is 0 Å². The van der Waals surface area contributed by atoms with Crippen molar-refractivity contribution in [2.75, 3.05) is 6.61 Å². The van der Waals surface area contributed by atoms with Crippen LogP contribution in [0.25, 0.3) is 0 Å². The zero-order chi connectivity index (χ0) is 19.2. The summed E-state index contributed by atoms with van der Waals surface area (Å²) in [6, 6.07) is 9.76. The van der Waals surface area contributed by atoms with Crippen molar-refractivity contribution in [2.24, 2.45) is 0 Å². The van der Waals surface area contributed by atoms with Gasteiger partial charge in [-0.15, -0.1) is 0 Å².